The second-order valence-electron chi connectivity index (χ2n) is 15.3. The largest absolute Gasteiger partial charge is 0.469 e. The van der Waals surface area contributed by atoms with Crippen LogP contribution in [0.5, 0.6) is 0 Å². The molecule has 1 aromatic heterocycles. The Kier molecular flexibility index (Phi) is 5.06. The van der Waals surface area contributed by atoms with Crippen LogP contribution in [0.3, 0.4) is 0 Å². The van der Waals surface area contributed by atoms with Crippen LogP contribution in [0.25, 0.3) is 0 Å². The maximum absolute atomic E-state index is 14.5. The summed E-state index contributed by atoms with van der Waals surface area (Å²) in [5, 5.41) is 4.19. The van der Waals surface area contributed by atoms with Gasteiger partial charge in [0.2, 0.25) is 0 Å². The van der Waals surface area contributed by atoms with Gasteiger partial charge in [0.05, 0.1) is 18.7 Å². The van der Waals surface area contributed by atoms with E-state index in [0.29, 0.717) is 11.7 Å². The average molecular weight is 508 g/mol. The molecule has 3 saturated carbocycles. The van der Waals surface area contributed by atoms with Crippen LogP contribution < -0.4 is 0 Å². The molecule has 202 valence electrons. The first-order valence-electron chi connectivity index (χ1n) is 14.4. The molecule has 0 amide bonds. The number of rotatable bonds is 1. The molecule has 0 unspecified atom stereocenters. The summed E-state index contributed by atoms with van der Waals surface area (Å²) < 4.78 is 11.1. The van der Waals surface area contributed by atoms with Gasteiger partial charge in [-0.2, -0.15) is 0 Å². The molecule has 1 aromatic rings. The molecule has 3 fully saturated rings. The number of methoxy groups -OCH3 is 1. The highest BCUT2D eigenvalue weighted by Crippen LogP contribution is 2.74. The monoisotopic (exact) mass is 507 g/mol. The Hall–Kier alpha value is -1.91. The zero-order valence-corrected chi connectivity index (χ0v) is 24.1. The Morgan fingerprint density at radius 1 is 1.03 bits per heavy atom. The van der Waals surface area contributed by atoms with E-state index in [9.17, 15) is 9.59 Å². The van der Waals surface area contributed by atoms with E-state index in [-0.39, 0.29) is 44.9 Å². The fourth-order valence-electron chi connectivity index (χ4n) is 10.9. The van der Waals surface area contributed by atoms with Crippen molar-refractivity contribution in [1.29, 1.82) is 0 Å². The van der Waals surface area contributed by atoms with E-state index in [0.717, 1.165) is 57.1 Å². The molecule has 5 aliphatic rings. The number of fused-ring (bicyclic) bond motifs is 8. The third kappa shape index (κ3) is 2.95. The van der Waals surface area contributed by atoms with Crippen molar-refractivity contribution in [2.75, 3.05) is 7.11 Å². The summed E-state index contributed by atoms with van der Waals surface area (Å²) in [7, 11) is 1.51. The molecule has 0 saturated heterocycles. The van der Waals surface area contributed by atoms with E-state index < -0.39 is 5.41 Å². The van der Waals surface area contributed by atoms with Gasteiger partial charge in [0.1, 0.15) is 5.76 Å². The molecule has 6 rings (SSSR count). The van der Waals surface area contributed by atoms with Crippen molar-refractivity contribution >= 4 is 11.8 Å². The zero-order valence-electron chi connectivity index (χ0n) is 24.1. The number of carbonyl (C=O) groups is 2. The lowest BCUT2D eigenvalue weighted by Crippen LogP contribution is -2.66. The zero-order chi connectivity index (χ0) is 26.8. The number of esters is 1. The molecule has 0 N–H and O–H groups in total. The molecule has 0 radical (unpaired) electrons. The number of ether oxygens (including phenoxy) is 1. The summed E-state index contributed by atoms with van der Waals surface area (Å²) in [5.41, 5.74) is 1.68. The maximum Gasteiger partial charge on any atom is 0.311 e. The first-order chi connectivity index (χ1) is 17.2. The normalized spacial score (nSPS) is 47.9. The van der Waals surface area contributed by atoms with Crippen molar-refractivity contribution in [3.05, 3.63) is 29.2 Å². The van der Waals surface area contributed by atoms with Crippen LogP contribution in [-0.4, -0.2) is 24.0 Å². The minimum Gasteiger partial charge on any atom is -0.469 e. The predicted octanol–water partition coefficient (Wildman–Crippen LogP) is 6.84. The standard InChI is InChI=1S/C32H45NO4/c1-27(2)23-9-10-32(7)24(30(23,5)16-19-18-33-37-25(19)27)22(34)15-20-21-17-29(4,26(35)36-8)12-11-28(21,3)13-14-31(20,32)6/h15,18,21,23-24H,9-14,16-17H2,1-8H3/t21-,23+,24+,28+,29-,30-,31-,32+/m0/s1. The first kappa shape index (κ1) is 25.4. The SMILES string of the molecule is COC(=O)[C@@]1(C)CC[C@]2(C)CC[C@@]3(C)C(=CC(=O)[C@@H]4[C@@]5(C)Cc6cnoc6C(C)(C)[C@H]5CC[C@]43C)[C@@H]2C1. The predicted molar refractivity (Wildman–Crippen MR) is 142 cm³/mol. The molecule has 0 spiro atoms. The van der Waals surface area contributed by atoms with Gasteiger partial charge in [-0.15, -0.1) is 0 Å². The molecular formula is C32H45NO4. The van der Waals surface area contributed by atoms with Crippen molar-refractivity contribution in [1.82, 2.24) is 5.16 Å². The van der Waals surface area contributed by atoms with Crippen LogP contribution in [0, 0.1) is 44.8 Å². The van der Waals surface area contributed by atoms with Gasteiger partial charge in [0.15, 0.2) is 5.78 Å². The molecule has 8 atom stereocenters. The van der Waals surface area contributed by atoms with Crippen LogP contribution >= 0.6 is 0 Å². The minimum atomic E-state index is -0.486. The quantitative estimate of drug-likeness (QED) is 0.389. The van der Waals surface area contributed by atoms with E-state index >= 15 is 0 Å². The van der Waals surface area contributed by atoms with E-state index in [4.69, 9.17) is 9.26 Å². The van der Waals surface area contributed by atoms with Crippen molar-refractivity contribution in [2.24, 2.45) is 44.8 Å². The second-order valence-corrected chi connectivity index (χ2v) is 15.3. The topological polar surface area (TPSA) is 69.4 Å². The third-order valence-electron chi connectivity index (χ3n) is 13.2. The lowest BCUT2D eigenvalue weighted by molar-refractivity contribution is -0.175. The van der Waals surface area contributed by atoms with Crippen LogP contribution in [0.2, 0.25) is 0 Å². The van der Waals surface area contributed by atoms with Gasteiger partial charge < -0.3 is 9.26 Å². The summed E-state index contributed by atoms with van der Waals surface area (Å²) in [4.78, 5) is 27.4. The summed E-state index contributed by atoms with van der Waals surface area (Å²) in [6, 6.07) is 0. The molecule has 37 heavy (non-hydrogen) atoms. The van der Waals surface area contributed by atoms with Crippen LogP contribution in [0.15, 0.2) is 22.4 Å². The molecule has 0 aromatic carbocycles. The molecule has 5 nitrogen and oxygen atoms in total. The Morgan fingerprint density at radius 3 is 2.43 bits per heavy atom. The van der Waals surface area contributed by atoms with E-state index in [2.05, 4.69) is 59.7 Å². The third-order valence-corrected chi connectivity index (χ3v) is 13.2. The molecule has 1 heterocycles. The Bertz CT molecular complexity index is 1210. The number of aromatic nitrogens is 1. The Morgan fingerprint density at radius 2 is 1.73 bits per heavy atom. The number of hydrogen-bond acceptors (Lipinski definition) is 5. The van der Waals surface area contributed by atoms with Crippen molar-refractivity contribution < 1.29 is 18.8 Å². The lowest BCUT2D eigenvalue weighted by Gasteiger charge is -2.69. The maximum atomic E-state index is 14.5. The van der Waals surface area contributed by atoms with Gasteiger partial charge >= 0.3 is 5.97 Å². The first-order valence-corrected chi connectivity index (χ1v) is 14.4. The fraction of sp³-hybridized carbons (Fsp3) is 0.781. The van der Waals surface area contributed by atoms with Gasteiger partial charge in [-0.25, -0.2) is 0 Å². The molecular weight excluding hydrogens is 462 g/mol. The van der Waals surface area contributed by atoms with E-state index in [1.807, 2.05) is 6.20 Å². The summed E-state index contributed by atoms with van der Waals surface area (Å²) in [6.07, 6.45) is 11.9. The Balaban J connectivity index is 1.47. The highest BCUT2D eigenvalue weighted by molar-refractivity contribution is 5.96. The molecule has 5 heteroatoms. The summed E-state index contributed by atoms with van der Waals surface area (Å²) >= 11 is 0. The average Bonchev–Trinajstić information content (AvgIpc) is 3.29. The van der Waals surface area contributed by atoms with Gasteiger partial charge in [-0.1, -0.05) is 52.3 Å². The smallest absolute Gasteiger partial charge is 0.311 e. The van der Waals surface area contributed by atoms with Crippen LogP contribution in [0.4, 0.5) is 0 Å². The summed E-state index contributed by atoms with van der Waals surface area (Å²) in [6.45, 7) is 16.4. The minimum absolute atomic E-state index is 0.0326. The van der Waals surface area contributed by atoms with Gasteiger partial charge in [0, 0.05) is 16.9 Å². The molecule has 0 bridgehead atoms. The van der Waals surface area contributed by atoms with Crippen molar-refractivity contribution in [2.45, 2.75) is 105 Å². The number of carbonyl (C=O) groups excluding carboxylic acids is 2. The lowest BCUT2D eigenvalue weighted by atomic mass is 9.33. The van der Waals surface area contributed by atoms with Gasteiger partial charge in [-0.3, -0.25) is 9.59 Å². The number of nitrogens with zero attached hydrogens (tertiary/aromatic N) is 1. The van der Waals surface area contributed by atoms with Crippen LogP contribution in [-0.2, 0) is 26.2 Å². The van der Waals surface area contributed by atoms with E-state index in [1.165, 1.54) is 18.2 Å². The second kappa shape index (κ2) is 7.39. The van der Waals surface area contributed by atoms with Gasteiger partial charge in [0.25, 0.3) is 0 Å². The number of allylic oxidation sites excluding steroid dienone is 2. The number of ketones is 1. The number of hydrogen-bond donors (Lipinski definition) is 0. The van der Waals surface area contributed by atoms with Crippen LogP contribution in [0.1, 0.15) is 105 Å². The highest BCUT2D eigenvalue weighted by atomic mass is 16.5. The van der Waals surface area contributed by atoms with Gasteiger partial charge in [-0.05, 0) is 97.9 Å². The Labute approximate surface area is 222 Å². The van der Waals surface area contributed by atoms with E-state index in [1.54, 1.807) is 0 Å². The molecule has 5 aliphatic carbocycles. The molecule has 0 aliphatic heterocycles. The van der Waals surface area contributed by atoms with Crippen molar-refractivity contribution in [3.8, 4) is 0 Å². The van der Waals surface area contributed by atoms with Crippen molar-refractivity contribution in [3.63, 3.8) is 0 Å². The highest BCUT2D eigenvalue weighted by Gasteiger charge is 2.70. The summed E-state index contributed by atoms with van der Waals surface area (Å²) in [5.74, 6) is 1.80. The fourth-order valence-corrected chi connectivity index (χ4v) is 10.9.